The number of nitrogens with one attached hydrogen (secondary N) is 1. The van der Waals surface area contributed by atoms with Gasteiger partial charge in [0, 0.05) is 54.9 Å². The molecule has 2 aromatic carbocycles. The maximum absolute atomic E-state index is 13.3. The Balaban J connectivity index is 1.37. The molecule has 1 aliphatic rings. The van der Waals surface area contributed by atoms with E-state index in [4.69, 9.17) is 34.8 Å². The molecule has 5 nitrogen and oxygen atoms in total. The molecule has 3 heterocycles. The van der Waals surface area contributed by atoms with Crippen molar-refractivity contribution in [3.63, 3.8) is 0 Å². The first-order valence-electron chi connectivity index (χ1n) is 11.3. The lowest BCUT2D eigenvalue weighted by atomic mass is 10.0. The average Bonchev–Trinajstić information content (AvgIpc) is 3.19. The van der Waals surface area contributed by atoms with Crippen molar-refractivity contribution in [1.82, 2.24) is 19.8 Å². The quantitative estimate of drug-likeness (QED) is 0.291. The van der Waals surface area contributed by atoms with Crippen molar-refractivity contribution in [2.75, 3.05) is 13.1 Å². The van der Waals surface area contributed by atoms with Gasteiger partial charge in [0.2, 0.25) is 0 Å². The van der Waals surface area contributed by atoms with Gasteiger partial charge in [0.25, 0.3) is 0 Å². The van der Waals surface area contributed by atoms with Crippen LogP contribution in [-0.2, 0) is 19.5 Å². The number of rotatable bonds is 5. The van der Waals surface area contributed by atoms with Gasteiger partial charge in [-0.05, 0) is 53.1 Å². The maximum atomic E-state index is 13.3. The lowest BCUT2D eigenvalue weighted by Gasteiger charge is -2.27. The number of hydrogen-bond acceptors (Lipinski definition) is 3. The zero-order chi connectivity index (χ0) is 24.4. The van der Waals surface area contributed by atoms with E-state index < -0.39 is 0 Å². The van der Waals surface area contributed by atoms with Gasteiger partial charge in [-0.1, -0.05) is 65.2 Å². The van der Waals surface area contributed by atoms with E-state index in [0.29, 0.717) is 16.7 Å². The summed E-state index contributed by atoms with van der Waals surface area (Å²) in [7, 11) is 0. The van der Waals surface area contributed by atoms with Crippen LogP contribution in [0.3, 0.4) is 0 Å². The van der Waals surface area contributed by atoms with Gasteiger partial charge in [-0.3, -0.25) is 9.47 Å². The molecule has 0 radical (unpaired) electrons. The Morgan fingerprint density at radius 1 is 1.09 bits per heavy atom. The molecule has 1 N–H and O–H groups in total. The fraction of sp³-hybridized carbons (Fsp3) is 0.185. The molecule has 1 aliphatic heterocycles. The number of fused-ring (bicyclic) bond motifs is 3. The predicted octanol–water partition coefficient (Wildman–Crippen LogP) is 6.83. The summed E-state index contributed by atoms with van der Waals surface area (Å²) in [5.41, 5.74) is 4.95. The Hall–Kier alpha value is -2.83. The van der Waals surface area contributed by atoms with Gasteiger partial charge in [-0.2, -0.15) is 0 Å². The fourth-order valence-electron chi connectivity index (χ4n) is 4.53. The molecule has 5 rings (SSSR count). The molecule has 35 heavy (non-hydrogen) atoms. The van der Waals surface area contributed by atoms with E-state index in [1.165, 1.54) is 0 Å². The molecule has 0 saturated heterocycles. The molecule has 8 heteroatoms. The van der Waals surface area contributed by atoms with Crippen LogP contribution < -0.4 is 5.32 Å². The van der Waals surface area contributed by atoms with Crippen molar-refractivity contribution in [2.45, 2.75) is 19.5 Å². The second-order valence-electron chi connectivity index (χ2n) is 8.48. The number of halogens is 3. The van der Waals surface area contributed by atoms with Gasteiger partial charge >= 0.3 is 6.03 Å². The van der Waals surface area contributed by atoms with Gasteiger partial charge < -0.3 is 5.32 Å². The number of benzene rings is 2. The fourth-order valence-corrected chi connectivity index (χ4v) is 5.14. The molecule has 0 bridgehead atoms. The topological polar surface area (TPSA) is 50.2 Å². The lowest BCUT2D eigenvalue weighted by Crippen LogP contribution is -2.34. The maximum Gasteiger partial charge on any atom is 0.326 e. The van der Waals surface area contributed by atoms with Gasteiger partial charge in [0.05, 0.1) is 10.5 Å². The summed E-state index contributed by atoms with van der Waals surface area (Å²) in [6.45, 7) is 2.73. The highest BCUT2D eigenvalue weighted by atomic mass is 35.5. The van der Waals surface area contributed by atoms with Crippen molar-refractivity contribution >= 4 is 57.8 Å². The highest BCUT2D eigenvalue weighted by Gasteiger charge is 2.27. The summed E-state index contributed by atoms with van der Waals surface area (Å²) in [4.78, 5) is 19.7. The average molecular weight is 526 g/mol. The van der Waals surface area contributed by atoms with E-state index in [1.807, 2.05) is 48.5 Å². The largest absolute Gasteiger partial charge is 0.333 e. The number of pyridine rings is 1. The smallest absolute Gasteiger partial charge is 0.326 e. The molecule has 4 aromatic rings. The van der Waals surface area contributed by atoms with Gasteiger partial charge in [0.15, 0.2) is 0 Å². The molecule has 0 spiro atoms. The number of hydrogen-bond donors (Lipinski definition) is 1. The van der Waals surface area contributed by atoms with Crippen LogP contribution in [0, 0.1) is 0 Å². The summed E-state index contributed by atoms with van der Waals surface area (Å²) in [5.74, 6) is 0. The van der Waals surface area contributed by atoms with Gasteiger partial charge in [-0.25, -0.2) is 9.78 Å². The molecule has 2 aromatic heterocycles. The van der Waals surface area contributed by atoms with Crippen molar-refractivity contribution in [1.29, 1.82) is 0 Å². The standard InChI is InChI=1S/C27H23Cl3N4O/c28-20-8-6-18(7-9-20)3-2-13-33-14-11-23-21(17-33)26-22(29)4-1-5-24(26)34(23)27(35)32-16-19-10-12-31-25(30)15-19/h1-10,12,15H,11,13-14,16-17H2,(H,32,35)/b3-2+. The van der Waals surface area contributed by atoms with Crippen molar-refractivity contribution in [2.24, 2.45) is 0 Å². The first kappa shape index (κ1) is 23.9. The summed E-state index contributed by atoms with van der Waals surface area (Å²) in [6.07, 6.45) is 6.64. The van der Waals surface area contributed by atoms with E-state index in [0.717, 1.165) is 64.4 Å². The molecular formula is C27H23Cl3N4O. The van der Waals surface area contributed by atoms with E-state index in [2.05, 4.69) is 27.4 Å². The van der Waals surface area contributed by atoms with E-state index >= 15 is 0 Å². The summed E-state index contributed by atoms with van der Waals surface area (Å²) in [6, 6.07) is 16.9. The SMILES string of the molecule is O=C(NCc1ccnc(Cl)c1)n1c2c(c3c(Cl)cccc31)CN(C/C=C/c1ccc(Cl)cc1)CC2. The molecule has 0 atom stereocenters. The molecule has 0 aliphatic carbocycles. The number of carbonyl (C=O) groups excluding carboxylic acids is 1. The second kappa shape index (κ2) is 10.4. The Morgan fingerprint density at radius 3 is 2.71 bits per heavy atom. The highest BCUT2D eigenvalue weighted by molar-refractivity contribution is 6.36. The summed E-state index contributed by atoms with van der Waals surface area (Å²) >= 11 is 18.6. The molecule has 0 unspecified atom stereocenters. The van der Waals surface area contributed by atoms with Crippen LogP contribution in [0.1, 0.15) is 22.4 Å². The highest BCUT2D eigenvalue weighted by Crippen LogP contribution is 2.35. The predicted molar refractivity (Wildman–Crippen MR) is 143 cm³/mol. The first-order valence-corrected chi connectivity index (χ1v) is 12.5. The molecule has 178 valence electrons. The Kier molecular flexibility index (Phi) is 7.12. The van der Waals surface area contributed by atoms with Crippen LogP contribution in [0.5, 0.6) is 0 Å². The van der Waals surface area contributed by atoms with Gasteiger partial charge in [0.1, 0.15) is 5.15 Å². The Morgan fingerprint density at radius 2 is 1.91 bits per heavy atom. The zero-order valence-electron chi connectivity index (χ0n) is 18.8. The monoisotopic (exact) mass is 524 g/mol. The van der Waals surface area contributed by atoms with Crippen molar-refractivity contribution < 1.29 is 4.79 Å². The number of aromatic nitrogens is 2. The third-order valence-electron chi connectivity index (χ3n) is 6.18. The minimum absolute atomic E-state index is 0.178. The lowest BCUT2D eigenvalue weighted by molar-refractivity contribution is 0.240. The first-order chi connectivity index (χ1) is 17.0. The summed E-state index contributed by atoms with van der Waals surface area (Å²) < 4.78 is 1.78. The number of amides is 1. The van der Waals surface area contributed by atoms with E-state index in [1.54, 1.807) is 16.8 Å². The second-order valence-corrected chi connectivity index (χ2v) is 9.71. The number of nitrogens with zero attached hydrogens (tertiary/aromatic N) is 3. The molecule has 1 amide bonds. The van der Waals surface area contributed by atoms with Crippen molar-refractivity contribution in [3.05, 3.63) is 104 Å². The minimum atomic E-state index is -0.178. The third-order valence-corrected chi connectivity index (χ3v) is 6.95. The van der Waals surface area contributed by atoms with E-state index in [-0.39, 0.29) is 6.03 Å². The molecule has 0 fully saturated rings. The third kappa shape index (κ3) is 5.24. The molecular weight excluding hydrogens is 503 g/mol. The Bertz CT molecular complexity index is 1410. The molecule has 0 saturated carbocycles. The Labute approximate surface area is 218 Å². The van der Waals surface area contributed by atoms with Crippen LogP contribution in [0.15, 0.2) is 66.9 Å². The zero-order valence-corrected chi connectivity index (χ0v) is 21.1. The van der Waals surface area contributed by atoms with Crippen LogP contribution in [-0.4, -0.2) is 33.6 Å². The van der Waals surface area contributed by atoms with Crippen LogP contribution >= 0.6 is 34.8 Å². The van der Waals surface area contributed by atoms with Crippen LogP contribution in [0.2, 0.25) is 15.2 Å². The summed E-state index contributed by atoms with van der Waals surface area (Å²) in [5, 5.41) is 5.75. The minimum Gasteiger partial charge on any atom is -0.333 e. The van der Waals surface area contributed by atoms with E-state index in [9.17, 15) is 4.79 Å². The van der Waals surface area contributed by atoms with Gasteiger partial charge in [-0.15, -0.1) is 0 Å². The van der Waals surface area contributed by atoms with Crippen LogP contribution in [0.25, 0.3) is 17.0 Å². The van der Waals surface area contributed by atoms with Crippen molar-refractivity contribution in [3.8, 4) is 0 Å². The number of carbonyl (C=O) groups is 1. The normalized spacial score (nSPS) is 13.9. The van der Waals surface area contributed by atoms with Crippen LogP contribution in [0.4, 0.5) is 4.79 Å².